The van der Waals surface area contributed by atoms with Crippen LogP contribution in [-0.2, 0) is 16.1 Å². The second-order valence-corrected chi connectivity index (χ2v) is 3.75. The fourth-order valence-corrected chi connectivity index (χ4v) is 1.40. The molecule has 0 aromatic heterocycles. The van der Waals surface area contributed by atoms with Gasteiger partial charge in [0.25, 0.3) is 0 Å². The van der Waals surface area contributed by atoms with E-state index in [4.69, 9.17) is 14.6 Å². The zero-order valence-electron chi connectivity index (χ0n) is 10.3. The fraction of sp³-hybridized carbons (Fsp3) is 0.462. The van der Waals surface area contributed by atoms with Crippen LogP contribution in [0.2, 0.25) is 0 Å². The maximum Gasteiger partial charge on any atom is 0.338 e. The van der Waals surface area contributed by atoms with Crippen LogP contribution in [0.25, 0.3) is 0 Å². The maximum atomic E-state index is 13.7. The molecule has 0 aliphatic heterocycles. The molecule has 0 aliphatic carbocycles. The Morgan fingerprint density at radius 3 is 2.67 bits per heavy atom. The Morgan fingerprint density at radius 2 is 2.00 bits per heavy atom. The van der Waals surface area contributed by atoms with Gasteiger partial charge in [-0.05, 0) is 12.5 Å². The van der Waals surface area contributed by atoms with Crippen LogP contribution in [0.4, 0.5) is 4.39 Å². The summed E-state index contributed by atoms with van der Waals surface area (Å²) in [6.45, 7) is 3.53. The summed E-state index contributed by atoms with van der Waals surface area (Å²) >= 11 is 0. The molecule has 0 saturated heterocycles. The number of ether oxygens (including phenoxy) is 2. The highest BCUT2D eigenvalue weighted by molar-refractivity contribution is 5.88. The van der Waals surface area contributed by atoms with E-state index in [-0.39, 0.29) is 17.7 Å². The molecule has 0 heterocycles. The number of aromatic carboxylic acids is 1. The third-order valence-corrected chi connectivity index (χ3v) is 2.29. The minimum absolute atomic E-state index is 0.0441. The first-order valence-electron chi connectivity index (χ1n) is 5.83. The van der Waals surface area contributed by atoms with Gasteiger partial charge in [0.2, 0.25) is 0 Å². The highest BCUT2D eigenvalue weighted by Gasteiger charge is 2.13. The molecular formula is C13H17FO4. The molecule has 0 amide bonds. The Morgan fingerprint density at radius 1 is 1.28 bits per heavy atom. The van der Waals surface area contributed by atoms with Gasteiger partial charge < -0.3 is 14.6 Å². The van der Waals surface area contributed by atoms with Gasteiger partial charge in [0.05, 0.1) is 25.4 Å². The number of halogens is 1. The Kier molecular flexibility index (Phi) is 6.32. The Bertz CT molecular complexity index is 393. The van der Waals surface area contributed by atoms with E-state index in [1.54, 1.807) is 0 Å². The first-order valence-corrected chi connectivity index (χ1v) is 5.83. The van der Waals surface area contributed by atoms with Crippen molar-refractivity contribution >= 4 is 5.97 Å². The van der Waals surface area contributed by atoms with Gasteiger partial charge >= 0.3 is 5.97 Å². The summed E-state index contributed by atoms with van der Waals surface area (Å²) in [5.74, 6) is -2.01. The van der Waals surface area contributed by atoms with E-state index in [0.29, 0.717) is 19.8 Å². The number of hydrogen-bond donors (Lipinski definition) is 1. The quantitative estimate of drug-likeness (QED) is 0.726. The van der Waals surface area contributed by atoms with Gasteiger partial charge in [0, 0.05) is 12.2 Å². The number of carbonyl (C=O) groups is 1. The average molecular weight is 256 g/mol. The summed E-state index contributed by atoms with van der Waals surface area (Å²) in [6.07, 6.45) is 0.940. The predicted octanol–water partition coefficient (Wildman–Crippen LogP) is 2.47. The SMILES string of the molecule is CCCOCCOCc1cccc(C(=O)O)c1F. The summed E-state index contributed by atoms with van der Waals surface area (Å²) < 4.78 is 24.1. The molecule has 1 N–H and O–H groups in total. The van der Waals surface area contributed by atoms with Gasteiger partial charge in [-0.25, -0.2) is 9.18 Å². The molecule has 0 bridgehead atoms. The Labute approximate surface area is 105 Å². The van der Waals surface area contributed by atoms with Crippen molar-refractivity contribution in [3.8, 4) is 0 Å². The number of carboxylic acid groups (broad SMARTS) is 1. The molecule has 1 rings (SSSR count). The number of rotatable bonds is 8. The van der Waals surface area contributed by atoms with Gasteiger partial charge in [0.1, 0.15) is 5.82 Å². The van der Waals surface area contributed by atoms with E-state index >= 15 is 0 Å². The molecule has 0 unspecified atom stereocenters. The lowest BCUT2D eigenvalue weighted by Gasteiger charge is -2.07. The minimum Gasteiger partial charge on any atom is -0.478 e. The molecule has 1 aromatic rings. The summed E-state index contributed by atoms with van der Waals surface area (Å²) in [5.41, 5.74) is -0.0938. The lowest BCUT2D eigenvalue weighted by molar-refractivity contribution is 0.0398. The van der Waals surface area contributed by atoms with E-state index in [0.717, 1.165) is 6.42 Å². The minimum atomic E-state index is -1.28. The third kappa shape index (κ3) is 4.43. The third-order valence-electron chi connectivity index (χ3n) is 2.29. The molecule has 0 radical (unpaired) electrons. The summed E-state index contributed by atoms with van der Waals surface area (Å²) in [5, 5.41) is 8.76. The second-order valence-electron chi connectivity index (χ2n) is 3.75. The second kappa shape index (κ2) is 7.79. The monoisotopic (exact) mass is 256 g/mol. The van der Waals surface area contributed by atoms with Gasteiger partial charge in [-0.2, -0.15) is 0 Å². The zero-order chi connectivity index (χ0) is 13.4. The van der Waals surface area contributed by atoms with Crippen molar-refractivity contribution in [1.82, 2.24) is 0 Å². The smallest absolute Gasteiger partial charge is 0.338 e. The van der Waals surface area contributed by atoms with Crippen molar-refractivity contribution < 1.29 is 23.8 Å². The van der Waals surface area contributed by atoms with Gasteiger partial charge in [0.15, 0.2) is 0 Å². The molecule has 100 valence electrons. The van der Waals surface area contributed by atoms with E-state index in [1.807, 2.05) is 6.92 Å². The van der Waals surface area contributed by atoms with E-state index in [9.17, 15) is 9.18 Å². The normalized spacial score (nSPS) is 10.6. The zero-order valence-corrected chi connectivity index (χ0v) is 10.3. The van der Waals surface area contributed by atoms with Crippen molar-refractivity contribution in [3.05, 3.63) is 35.1 Å². The molecule has 0 spiro atoms. The lowest BCUT2D eigenvalue weighted by atomic mass is 10.1. The molecule has 4 nitrogen and oxygen atoms in total. The van der Waals surface area contributed by atoms with E-state index < -0.39 is 11.8 Å². The summed E-state index contributed by atoms with van der Waals surface area (Å²) in [7, 11) is 0. The van der Waals surface area contributed by atoms with Crippen molar-refractivity contribution in [1.29, 1.82) is 0 Å². The van der Waals surface area contributed by atoms with Crippen LogP contribution in [-0.4, -0.2) is 30.9 Å². The number of benzene rings is 1. The fourth-order valence-electron chi connectivity index (χ4n) is 1.40. The van der Waals surface area contributed by atoms with Crippen LogP contribution in [0, 0.1) is 5.82 Å². The largest absolute Gasteiger partial charge is 0.478 e. The predicted molar refractivity (Wildman–Crippen MR) is 64.1 cm³/mol. The Hall–Kier alpha value is -1.46. The van der Waals surface area contributed by atoms with E-state index in [1.165, 1.54) is 18.2 Å². The van der Waals surface area contributed by atoms with Crippen LogP contribution in [0.15, 0.2) is 18.2 Å². The summed E-state index contributed by atoms with van der Waals surface area (Å²) in [6, 6.07) is 4.24. The van der Waals surface area contributed by atoms with Crippen molar-refractivity contribution in [2.24, 2.45) is 0 Å². The molecule has 5 heteroatoms. The first kappa shape index (κ1) is 14.6. The summed E-state index contributed by atoms with van der Waals surface area (Å²) in [4.78, 5) is 10.7. The van der Waals surface area contributed by atoms with E-state index in [2.05, 4.69) is 0 Å². The van der Waals surface area contributed by atoms with Crippen molar-refractivity contribution in [2.75, 3.05) is 19.8 Å². The maximum absolute atomic E-state index is 13.7. The van der Waals surface area contributed by atoms with Crippen molar-refractivity contribution in [2.45, 2.75) is 20.0 Å². The van der Waals surface area contributed by atoms with Crippen molar-refractivity contribution in [3.63, 3.8) is 0 Å². The van der Waals surface area contributed by atoms with Gasteiger partial charge in [-0.15, -0.1) is 0 Å². The van der Waals surface area contributed by atoms with Crippen LogP contribution in [0.3, 0.4) is 0 Å². The standard InChI is InChI=1S/C13H17FO4/c1-2-6-17-7-8-18-9-10-4-3-5-11(12(10)14)13(15)16/h3-5H,2,6-9H2,1H3,(H,15,16). The molecule has 0 atom stereocenters. The molecule has 0 saturated carbocycles. The molecule has 18 heavy (non-hydrogen) atoms. The molecular weight excluding hydrogens is 239 g/mol. The lowest BCUT2D eigenvalue weighted by Crippen LogP contribution is -2.08. The van der Waals surface area contributed by atoms with Gasteiger partial charge in [-0.1, -0.05) is 19.1 Å². The van der Waals surface area contributed by atoms with Crippen LogP contribution < -0.4 is 0 Å². The van der Waals surface area contributed by atoms with Crippen LogP contribution in [0.5, 0.6) is 0 Å². The van der Waals surface area contributed by atoms with Crippen LogP contribution in [0.1, 0.15) is 29.3 Å². The number of carboxylic acids is 1. The van der Waals surface area contributed by atoms with Crippen LogP contribution >= 0.6 is 0 Å². The van der Waals surface area contributed by atoms with Gasteiger partial charge in [-0.3, -0.25) is 0 Å². The first-order chi connectivity index (χ1) is 8.66. The highest BCUT2D eigenvalue weighted by Crippen LogP contribution is 2.13. The highest BCUT2D eigenvalue weighted by atomic mass is 19.1. The molecule has 1 aromatic carbocycles. The number of hydrogen-bond acceptors (Lipinski definition) is 3. The topological polar surface area (TPSA) is 55.8 Å². The Balaban J connectivity index is 2.43. The molecule has 0 fully saturated rings. The average Bonchev–Trinajstić information content (AvgIpc) is 2.35. The molecule has 0 aliphatic rings.